The van der Waals surface area contributed by atoms with Crippen molar-refractivity contribution in [3.8, 4) is 5.75 Å². The first-order valence-corrected chi connectivity index (χ1v) is 4.18. The second kappa shape index (κ2) is 4.50. The van der Waals surface area contributed by atoms with Crippen LogP contribution in [0.1, 0.15) is 11.7 Å². The van der Waals surface area contributed by atoms with E-state index in [1.807, 2.05) is 0 Å². The molecule has 1 atom stereocenters. The van der Waals surface area contributed by atoms with Gasteiger partial charge in [0.05, 0.1) is 6.10 Å². The SMILES string of the molecule is CNCC(O)c1cc(F)c(F)c(O)c1F. The maximum absolute atomic E-state index is 13.2. The molecule has 0 aliphatic rings. The predicted molar refractivity (Wildman–Crippen MR) is 46.9 cm³/mol. The van der Waals surface area contributed by atoms with Crippen molar-refractivity contribution in [2.24, 2.45) is 0 Å². The number of nitrogens with one attached hydrogen (secondary N) is 1. The van der Waals surface area contributed by atoms with E-state index in [9.17, 15) is 18.3 Å². The Bertz CT molecular complexity index is 371. The van der Waals surface area contributed by atoms with Crippen molar-refractivity contribution in [1.29, 1.82) is 0 Å². The minimum absolute atomic E-state index is 0.0402. The van der Waals surface area contributed by atoms with Gasteiger partial charge in [-0.1, -0.05) is 0 Å². The van der Waals surface area contributed by atoms with E-state index in [-0.39, 0.29) is 6.54 Å². The van der Waals surface area contributed by atoms with Crippen LogP contribution in [0.4, 0.5) is 13.2 Å². The Balaban J connectivity index is 3.19. The Kier molecular flexibility index (Phi) is 3.54. The number of aromatic hydroxyl groups is 1. The number of rotatable bonds is 3. The van der Waals surface area contributed by atoms with Gasteiger partial charge in [0.25, 0.3) is 0 Å². The molecule has 0 heterocycles. The third-order valence-electron chi connectivity index (χ3n) is 1.92. The summed E-state index contributed by atoms with van der Waals surface area (Å²) >= 11 is 0. The molecule has 1 aromatic carbocycles. The van der Waals surface area contributed by atoms with Crippen LogP contribution in [0, 0.1) is 17.5 Å². The highest BCUT2D eigenvalue weighted by Crippen LogP contribution is 2.29. The molecule has 84 valence electrons. The van der Waals surface area contributed by atoms with Gasteiger partial charge in [-0.05, 0) is 13.1 Å². The van der Waals surface area contributed by atoms with E-state index in [4.69, 9.17) is 5.11 Å². The third kappa shape index (κ3) is 2.21. The molecule has 0 bridgehead atoms. The summed E-state index contributed by atoms with van der Waals surface area (Å²) in [7, 11) is 1.50. The first-order chi connectivity index (χ1) is 6.99. The third-order valence-corrected chi connectivity index (χ3v) is 1.92. The molecule has 3 N–H and O–H groups in total. The van der Waals surface area contributed by atoms with E-state index in [2.05, 4.69) is 5.32 Å². The number of aliphatic hydroxyl groups excluding tert-OH is 1. The van der Waals surface area contributed by atoms with Crippen molar-refractivity contribution in [3.63, 3.8) is 0 Å². The molecule has 1 unspecified atom stereocenters. The maximum Gasteiger partial charge on any atom is 0.203 e. The topological polar surface area (TPSA) is 52.5 Å². The zero-order chi connectivity index (χ0) is 11.6. The summed E-state index contributed by atoms with van der Waals surface area (Å²) in [6.07, 6.45) is -1.35. The van der Waals surface area contributed by atoms with Crippen LogP contribution in [0.5, 0.6) is 5.75 Å². The van der Waals surface area contributed by atoms with Gasteiger partial charge in [0.15, 0.2) is 17.4 Å². The first-order valence-electron chi connectivity index (χ1n) is 4.18. The number of benzene rings is 1. The lowest BCUT2D eigenvalue weighted by Gasteiger charge is -2.12. The molecule has 0 saturated carbocycles. The Morgan fingerprint density at radius 2 is 1.93 bits per heavy atom. The van der Waals surface area contributed by atoms with Gasteiger partial charge in [-0.15, -0.1) is 0 Å². The van der Waals surface area contributed by atoms with Crippen LogP contribution in [0.2, 0.25) is 0 Å². The van der Waals surface area contributed by atoms with Gasteiger partial charge in [-0.25, -0.2) is 8.78 Å². The smallest absolute Gasteiger partial charge is 0.203 e. The van der Waals surface area contributed by atoms with Crippen molar-refractivity contribution in [3.05, 3.63) is 29.1 Å². The molecule has 1 aromatic rings. The summed E-state index contributed by atoms with van der Waals surface area (Å²) in [5, 5.41) is 20.7. The Hall–Kier alpha value is -1.27. The molecule has 15 heavy (non-hydrogen) atoms. The highest BCUT2D eigenvalue weighted by Gasteiger charge is 2.21. The molecule has 1 rings (SSSR count). The van der Waals surface area contributed by atoms with Crippen LogP contribution in [0.3, 0.4) is 0 Å². The molecule has 0 fully saturated rings. The van der Waals surface area contributed by atoms with Gasteiger partial charge in [0.2, 0.25) is 5.82 Å². The van der Waals surface area contributed by atoms with Crippen LogP contribution in [-0.2, 0) is 0 Å². The Labute approximate surface area is 84.2 Å². The van der Waals surface area contributed by atoms with Crippen LogP contribution >= 0.6 is 0 Å². The number of hydrogen-bond donors (Lipinski definition) is 3. The Morgan fingerprint density at radius 3 is 2.47 bits per heavy atom. The van der Waals surface area contributed by atoms with Crippen LogP contribution < -0.4 is 5.32 Å². The summed E-state index contributed by atoms with van der Waals surface area (Å²) in [6, 6.07) is 0.520. The second-order valence-electron chi connectivity index (χ2n) is 3.00. The van der Waals surface area contributed by atoms with E-state index in [0.717, 1.165) is 0 Å². The standard InChI is InChI=1S/C9H10F3NO2/c1-13-3-6(14)4-2-5(10)8(12)9(15)7(4)11/h2,6,13-15H,3H2,1H3. The van der Waals surface area contributed by atoms with Gasteiger partial charge in [0, 0.05) is 12.1 Å². The molecule has 0 aromatic heterocycles. The molecule has 0 aliphatic carbocycles. The summed E-state index contributed by atoms with van der Waals surface area (Å²) in [5.41, 5.74) is -0.485. The summed E-state index contributed by atoms with van der Waals surface area (Å²) in [6.45, 7) is -0.0402. The molecule has 0 saturated heterocycles. The van der Waals surface area contributed by atoms with E-state index in [1.54, 1.807) is 0 Å². The fraction of sp³-hybridized carbons (Fsp3) is 0.333. The van der Waals surface area contributed by atoms with Gasteiger partial charge in [-0.2, -0.15) is 4.39 Å². The van der Waals surface area contributed by atoms with E-state index >= 15 is 0 Å². The maximum atomic E-state index is 13.2. The number of likely N-dealkylation sites (N-methyl/N-ethyl adjacent to an activating group) is 1. The predicted octanol–water partition coefficient (Wildman–Crippen LogP) is 1.06. The van der Waals surface area contributed by atoms with Gasteiger partial charge in [0.1, 0.15) is 0 Å². The number of phenolic OH excluding ortho intramolecular Hbond substituents is 1. The van der Waals surface area contributed by atoms with Gasteiger partial charge < -0.3 is 15.5 Å². The molecule has 0 amide bonds. The van der Waals surface area contributed by atoms with Crippen molar-refractivity contribution >= 4 is 0 Å². The van der Waals surface area contributed by atoms with Crippen molar-refractivity contribution in [1.82, 2.24) is 5.32 Å². The lowest BCUT2D eigenvalue weighted by atomic mass is 10.1. The minimum Gasteiger partial charge on any atom is -0.503 e. The quantitative estimate of drug-likeness (QED) is 0.669. The average Bonchev–Trinajstić information content (AvgIpc) is 2.20. The fourth-order valence-corrected chi connectivity index (χ4v) is 1.16. The second-order valence-corrected chi connectivity index (χ2v) is 3.00. The molecule has 0 radical (unpaired) electrons. The van der Waals surface area contributed by atoms with E-state index in [1.165, 1.54) is 7.05 Å². The lowest BCUT2D eigenvalue weighted by molar-refractivity contribution is 0.170. The largest absolute Gasteiger partial charge is 0.503 e. The highest BCUT2D eigenvalue weighted by atomic mass is 19.2. The first kappa shape index (κ1) is 11.8. The molecular formula is C9H10F3NO2. The van der Waals surface area contributed by atoms with Crippen molar-refractivity contribution in [2.45, 2.75) is 6.10 Å². The summed E-state index contributed by atoms with van der Waals surface area (Å²) in [5.74, 6) is -5.83. The van der Waals surface area contributed by atoms with Crippen LogP contribution in [0.15, 0.2) is 6.07 Å². The fourth-order valence-electron chi connectivity index (χ4n) is 1.16. The van der Waals surface area contributed by atoms with Gasteiger partial charge in [-0.3, -0.25) is 0 Å². The van der Waals surface area contributed by atoms with Crippen molar-refractivity contribution < 1.29 is 23.4 Å². The number of phenols is 1. The molecular weight excluding hydrogens is 211 g/mol. The molecule has 6 heteroatoms. The molecule has 0 spiro atoms. The minimum atomic E-state index is -1.66. The highest BCUT2D eigenvalue weighted by molar-refractivity contribution is 5.34. The van der Waals surface area contributed by atoms with Crippen LogP contribution in [0.25, 0.3) is 0 Å². The van der Waals surface area contributed by atoms with Crippen LogP contribution in [-0.4, -0.2) is 23.8 Å². The number of hydrogen-bond acceptors (Lipinski definition) is 3. The number of aliphatic hydroxyl groups is 1. The number of halogens is 3. The Morgan fingerprint density at radius 1 is 1.33 bits per heavy atom. The lowest BCUT2D eigenvalue weighted by Crippen LogP contribution is -2.18. The zero-order valence-electron chi connectivity index (χ0n) is 7.89. The average molecular weight is 221 g/mol. The monoisotopic (exact) mass is 221 g/mol. The summed E-state index contributed by atoms with van der Waals surface area (Å²) in [4.78, 5) is 0. The van der Waals surface area contributed by atoms with E-state index in [0.29, 0.717) is 6.07 Å². The van der Waals surface area contributed by atoms with Gasteiger partial charge >= 0.3 is 0 Å². The zero-order valence-corrected chi connectivity index (χ0v) is 7.89. The molecule has 0 aliphatic heterocycles. The summed E-state index contributed by atoms with van der Waals surface area (Å²) < 4.78 is 38.6. The van der Waals surface area contributed by atoms with Crippen molar-refractivity contribution in [2.75, 3.05) is 13.6 Å². The normalized spacial score (nSPS) is 12.9. The van der Waals surface area contributed by atoms with E-state index < -0.39 is 34.9 Å². The molecule has 3 nitrogen and oxygen atoms in total.